The fourth-order valence-corrected chi connectivity index (χ4v) is 5.02. The van der Waals surface area contributed by atoms with Crippen LogP contribution in [0.25, 0.3) is 0 Å². The Kier molecular flexibility index (Phi) is 36.1. The maximum Gasteiger partial charge on any atom is 0.472 e. The third-order valence-electron chi connectivity index (χ3n) is 6.68. The molecular formula is C30H67N2O4P. The topological polar surface area (TPSA) is 93.8 Å². The number of nitrogens with one attached hydrogen (secondary N) is 1. The van der Waals surface area contributed by atoms with Crippen LogP contribution in [0.4, 0.5) is 0 Å². The van der Waals surface area contributed by atoms with Crippen LogP contribution in [0.3, 0.4) is 0 Å². The zero-order valence-electron chi connectivity index (χ0n) is 25.3. The van der Waals surface area contributed by atoms with Crippen molar-refractivity contribution >= 4 is 7.82 Å². The van der Waals surface area contributed by atoms with Gasteiger partial charge in [-0.05, 0) is 19.3 Å². The summed E-state index contributed by atoms with van der Waals surface area (Å²) in [6.07, 6.45) is 29.9. The van der Waals surface area contributed by atoms with Crippen molar-refractivity contribution in [1.82, 2.24) is 5.43 Å². The first-order valence-corrected chi connectivity index (χ1v) is 17.6. The van der Waals surface area contributed by atoms with E-state index in [0.29, 0.717) is 13.2 Å². The number of hydrogen-bond donors (Lipinski definition) is 3. The summed E-state index contributed by atoms with van der Waals surface area (Å²) in [5.41, 5.74) is 2.63. The smallest absolute Gasteiger partial charge is 0.302 e. The van der Waals surface area contributed by atoms with Crippen LogP contribution in [-0.4, -0.2) is 24.7 Å². The molecule has 37 heavy (non-hydrogen) atoms. The summed E-state index contributed by atoms with van der Waals surface area (Å²) in [5.74, 6) is 5.06. The highest BCUT2D eigenvalue weighted by molar-refractivity contribution is 7.47. The van der Waals surface area contributed by atoms with E-state index in [4.69, 9.17) is 14.9 Å². The first kappa shape index (κ1) is 39.2. The van der Waals surface area contributed by atoms with Gasteiger partial charge in [0.15, 0.2) is 0 Å². The molecule has 0 radical (unpaired) electrons. The number of phosphoric acid groups is 1. The zero-order valence-corrected chi connectivity index (χ0v) is 26.2. The molecule has 0 aliphatic rings. The van der Waals surface area contributed by atoms with Crippen LogP contribution in [-0.2, 0) is 13.6 Å². The number of unbranched alkanes of at least 4 members (excludes halogenated alkanes) is 21. The van der Waals surface area contributed by atoms with Gasteiger partial charge in [0.25, 0.3) is 0 Å². The lowest BCUT2D eigenvalue weighted by atomic mass is 10.1. The Bertz CT molecular complexity index is 419. The molecular weight excluding hydrogens is 483 g/mol. The second kappa shape index (κ2) is 34.1. The van der Waals surface area contributed by atoms with Gasteiger partial charge in [0.2, 0.25) is 0 Å². The van der Waals surface area contributed by atoms with E-state index < -0.39 is 7.82 Å². The first-order valence-electron chi connectivity index (χ1n) is 16.1. The molecule has 0 fully saturated rings. The fourth-order valence-electron chi connectivity index (χ4n) is 4.23. The molecule has 0 amide bonds. The largest absolute Gasteiger partial charge is 0.472 e. The molecule has 0 rings (SSSR count). The van der Waals surface area contributed by atoms with Crippen molar-refractivity contribution in [1.29, 1.82) is 0 Å². The van der Waals surface area contributed by atoms with Crippen molar-refractivity contribution in [2.75, 3.05) is 19.8 Å². The maximum absolute atomic E-state index is 11.8. The van der Waals surface area contributed by atoms with Gasteiger partial charge in [-0.2, -0.15) is 0 Å². The lowest BCUT2D eigenvalue weighted by Crippen LogP contribution is -2.22. The van der Waals surface area contributed by atoms with Gasteiger partial charge in [-0.1, -0.05) is 156 Å². The molecule has 6 nitrogen and oxygen atoms in total. The zero-order chi connectivity index (χ0) is 27.7. The van der Waals surface area contributed by atoms with Crippen LogP contribution in [0.15, 0.2) is 0 Å². The van der Waals surface area contributed by atoms with E-state index in [9.17, 15) is 9.46 Å². The van der Waals surface area contributed by atoms with Crippen LogP contribution in [0.2, 0.25) is 0 Å². The third kappa shape index (κ3) is 38.2. The SMILES string of the molecule is CCCCCCCCCCCCOP(=O)(O)OCCCCCCCCCCCC.CCCCCCNN. The minimum absolute atomic E-state index is 0.322. The van der Waals surface area contributed by atoms with Gasteiger partial charge in [-0.25, -0.2) is 4.57 Å². The van der Waals surface area contributed by atoms with Gasteiger partial charge in [-0.15, -0.1) is 0 Å². The summed E-state index contributed by atoms with van der Waals surface area (Å²) in [4.78, 5) is 9.71. The molecule has 4 N–H and O–H groups in total. The Hall–Kier alpha value is 0.0300. The Morgan fingerprint density at radius 3 is 1.08 bits per heavy atom. The molecule has 0 aliphatic carbocycles. The van der Waals surface area contributed by atoms with Crippen LogP contribution in [0, 0.1) is 0 Å². The average Bonchev–Trinajstić information content (AvgIpc) is 2.89. The minimum atomic E-state index is -3.85. The predicted molar refractivity (Wildman–Crippen MR) is 162 cm³/mol. The summed E-state index contributed by atoms with van der Waals surface area (Å²) in [6.45, 7) is 8.30. The molecule has 0 aromatic rings. The van der Waals surface area contributed by atoms with Crippen LogP contribution < -0.4 is 11.3 Å². The van der Waals surface area contributed by atoms with Crippen molar-refractivity contribution in [2.24, 2.45) is 5.84 Å². The Balaban J connectivity index is 0. The monoisotopic (exact) mass is 550 g/mol. The van der Waals surface area contributed by atoms with E-state index in [1.807, 2.05) is 0 Å². The van der Waals surface area contributed by atoms with Crippen molar-refractivity contribution in [3.05, 3.63) is 0 Å². The van der Waals surface area contributed by atoms with E-state index in [2.05, 4.69) is 26.2 Å². The van der Waals surface area contributed by atoms with Crippen molar-refractivity contribution in [3.63, 3.8) is 0 Å². The van der Waals surface area contributed by atoms with Gasteiger partial charge < -0.3 is 4.89 Å². The quantitative estimate of drug-likeness (QED) is 0.0371. The van der Waals surface area contributed by atoms with Crippen molar-refractivity contribution < 1.29 is 18.5 Å². The molecule has 0 atom stereocenters. The Morgan fingerprint density at radius 2 is 0.784 bits per heavy atom. The fraction of sp³-hybridized carbons (Fsp3) is 1.00. The molecule has 226 valence electrons. The average molecular weight is 551 g/mol. The molecule has 0 heterocycles. The summed E-state index contributed by atoms with van der Waals surface area (Å²) in [5, 5.41) is 0. The second-order valence-electron chi connectivity index (χ2n) is 10.5. The number of phosphoric ester groups is 1. The molecule has 0 aliphatic heterocycles. The standard InChI is InChI=1S/C24H51O4P.C6H16N2/c1-3-5-7-9-11-13-15-17-19-21-23-27-29(25,26)28-24-22-20-18-16-14-12-10-8-6-4-2;1-2-3-4-5-6-8-7/h3-24H2,1-2H3,(H,25,26);8H,2-7H2,1H3. The van der Waals surface area contributed by atoms with E-state index in [0.717, 1.165) is 32.2 Å². The summed E-state index contributed by atoms with van der Waals surface area (Å²) in [6, 6.07) is 0. The predicted octanol–water partition coefficient (Wildman–Crippen LogP) is 9.99. The van der Waals surface area contributed by atoms with Crippen molar-refractivity contribution in [3.8, 4) is 0 Å². The van der Waals surface area contributed by atoms with Gasteiger partial charge in [0, 0.05) is 6.54 Å². The Labute approximate surface area is 232 Å². The lowest BCUT2D eigenvalue weighted by molar-refractivity contribution is 0.145. The number of hydrogen-bond acceptors (Lipinski definition) is 5. The highest BCUT2D eigenvalue weighted by Crippen LogP contribution is 2.43. The molecule has 0 saturated carbocycles. The number of nitrogens with two attached hydrogens (primary N) is 1. The summed E-state index contributed by atoms with van der Waals surface area (Å²) >= 11 is 0. The third-order valence-corrected chi connectivity index (χ3v) is 7.70. The van der Waals surface area contributed by atoms with Gasteiger partial charge in [0.05, 0.1) is 13.2 Å². The van der Waals surface area contributed by atoms with Gasteiger partial charge >= 0.3 is 7.82 Å². The lowest BCUT2D eigenvalue weighted by Gasteiger charge is -2.12. The van der Waals surface area contributed by atoms with E-state index >= 15 is 0 Å². The summed E-state index contributed by atoms with van der Waals surface area (Å²) in [7, 11) is -3.85. The molecule has 7 heteroatoms. The van der Waals surface area contributed by atoms with Crippen molar-refractivity contribution in [2.45, 2.75) is 175 Å². The highest BCUT2D eigenvalue weighted by atomic mass is 31.2. The van der Waals surface area contributed by atoms with E-state index in [1.54, 1.807) is 0 Å². The number of hydrazine groups is 1. The van der Waals surface area contributed by atoms with Crippen LogP contribution in [0.1, 0.15) is 175 Å². The van der Waals surface area contributed by atoms with E-state index in [1.165, 1.54) is 128 Å². The number of rotatable bonds is 29. The second-order valence-corrected chi connectivity index (χ2v) is 12.0. The Morgan fingerprint density at radius 1 is 0.514 bits per heavy atom. The molecule has 0 unspecified atom stereocenters. The van der Waals surface area contributed by atoms with Crippen LogP contribution >= 0.6 is 7.82 Å². The van der Waals surface area contributed by atoms with Crippen LogP contribution in [0.5, 0.6) is 0 Å². The molecule has 0 bridgehead atoms. The highest BCUT2D eigenvalue weighted by Gasteiger charge is 2.19. The normalized spacial score (nSPS) is 11.5. The molecule has 0 aromatic carbocycles. The minimum Gasteiger partial charge on any atom is -0.302 e. The van der Waals surface area contributed by atoms with Gasteiger partial charge in [-0.3, -0.25) is 20.3 Å². The molecule has 0 spiro atoms. The molecule has 0 saturated heterocycles. The maximum atomic E-state index is 11.8. The first-order chi connectivity index (χ1) is 18.0. The van der Waals surface area contributed by atoms with Gasteiger partial charge in [0.1, 0.15) is 0 Å². The molecule has 0 aromatic heterocycles. The van der Waals surface area contributed by atoms with E-state index in [-0.39, 0.29) is 0 Å². The summed E-state index contributed by atoms with van der Waals surface area (Å²) < 4.78 is 22.0.